The van der Waals surface area contributed by atoms with Gasteiger partial charge >= 0.3 is 0 Å². The van der Waals surface area contributed by atoms with Gasteiger partial charge in [-0.15, -0.1) is 0 Å². The highest BCUT2D eigenvalue weighted by Crippen LogP contribution is 2.28. The third-order valence-corrected chi connectivity index (χ3v) is 9.54. The maximum Gasteiger partial charge on any atom is 0.264 e. The van der Waals surface area contributed by atoms with Crippen LogP contribution in [0.2, 0.25) is 5.02 Å². The maximum absolute atomic E-state index is 15.1. The van der Waals surface area contributed by atoms with Gasteiger partial charge in [-0.2, -0.15) is 0 Å². The van der Waals surface area contributed by atoms with Crippen molar-refractivity contribution in [2.45, 2.75) is 69.5 Å². The molecule has 3 aromatic carbocycles. The van der Waals surface area contributed by atoms with E-state index in [0.29, 0.717) is 17.0 Å². The monoisotopic (exact) mass is 599 g/mol. The van der Waals surface area contributed by atoms with E-state index in [2.05, 4.69) is 5.32 Å². The molecule has 0 aromatic heterocycles. The smallest absolute Gasteiger partial charge is 0.264 e. The van der Waals surface area contributed by atoms with Gasteiger partial charge in [0.2, 0.25) is 11.8 Å². The fraction of sp³-hybridized carbons (Fsp3) is 0.355. The Morgan fingerprint density at radius 3 is 2.27 bits per heavy atom. The van der Waals surface area contributed by atoms with E-state index < -0.39 is 34.3 Å². The van der Waals surface area contributed by atoms with Gasteiger partial charge in [-0.3, -0.25) is 13.9 Å². The molecule has 1 N–H and O–H groups in total. The summed E-state index contributed by atoms with van der Waals surface area (Å²) >= 11 is 6.43. The van der Waals surface area contributed by atoms with E-state index in [-0.39, 0.29) is 29.1 Å². The summed E-state index contributed by atoms with van der Waals surface area (Å²) in [5.74, 6) is -1.75. The molecular formula is C31H35ClFN3O4S. The van der Waals surface area contributed by atoms with Gasteiger partial charge in [0.05, 0.1) is 10.6 Å². The number of nitrogens with zero attached hydrogens (tertiary/aromatic N) is 2. The van der Waals surface area contributed by atoms with Crippen LogP contribution in [0.25, 0.3) is 0 Å². The molecule has 1 fully saturated rings. The molecule has 7 nitrogen and oxygen atoms in total. The van der Waals surface area contributed by atoms with Gasteiger partial charge in [-0.25, -0.2) is 12.8 Å². The van der Waals surface area contributed by atoms with Crippen LogP contribution in [0.4, 0.5) is 10.1 Å². The number of carbonyl (C=O) groups excluding carboxylic acids is 2. The number of hydrogen-bond donors (Lipinski definition) is 1. The van der Waals surface area contributed by atoms with Gasteiger partial charge in [0.1, 0.15) is 18.4 Å². The summed E-state index contributed by atoms with van der Waals surface area (Å²) in [5, 5.41) is 3.48. The minimum Gasteiger partial charge on any atom is -0.352 e. The Bertz CT molecular complexity index is 1480. The molecule has 0 spiro atoms. The first-order chi connectivity index (χ1) is 19.6. The van der Waals surface area contributed by atoms with Crippen molar-refractivity contribution in [3.63, 3.8) is 0 Å². The number of amides is 2. The predicted octanol–water partition coefficient (Wildman–Crippen LogP) is 5.85. The molecular weight excluding hydrogens is 565 g/mol. The molecule has 41 heavy (non-hydrogen) atoms. The minimum atomic E-state index is -4.36. The highest BCUT2D eigenvalue weighted by molar-refractivity contribution is 7.92. The molecule has 218 valence electrons. The second-order valence-electron chi connectivity index (χ2n) is 10.3. The Morgan fingerprint density at radius 1 is 1.00 bits per heavy atom. The first kappa shape index (κ1) is 30.5. The van der Waals surface area contributed by atoms with Gasteiger partial charge in [-0.1, -0.05) is 79.4 Å². The van der Waals surface area contributed by atoms with Gasteiger partial charge in [0.25, 0.3) is 10.0 Å². The van der Waals surface area contributed by atoms with E-state index in [9.17, 15) is 18.0 Å². The summed E-state index contributed by atoms with van der Waals surface area (Å²) in [6.07, 6.45) is 4.09. The lowest BCUT2D eigenvalue weighted by molar-refractivity contribution is -0.140. The lowest BCUT2D eigenvalue weighted by Crippen LogP contribution is -2.53. The summed E-state index contributed by atoms with van der Waals surface area (Å²) < 4.78 is 43.6. The number of anilines is 1. The molecule has 2 amide bonds. The largest absolute Gasteiger partial charge is 0.352 e. The van der Waals surface area contributed by atoms with Crippen molar-refractivity contribution >= 4 is 39.1 Å². The van der Waals surface area contributed by atoms with Crippen LogP contribution >= 0.6 is 11.6 Å². The van der Waals surface area contributed by atoms with E-state index >= 15 is 4.39 Å². The van der Waals surface area contributed by atoms with Crippen molar-refractivity contribution in [3.05, 3.63) is 94.8 Å². The van der Waals surface area contributed by atoms with Crippen LogP contribution in [-0.2, 0) is 26.2 Å². The third-order valence-electron chi connectivity index (χ3n) is 7.39. The van der Waals surface area contributed by atoms with E-state index in [1.165, 1.54) is 35.2 Å². The maximum atomic E-state index is 15.1. The van der Waals surface area contributed by atoms with Crippen molar-refractivity contribution in [1.29, 1.82) is 0 Å². The summed E-state index contributed by atoms with van der Waals surface area (Å²) in [6, 6.07) is 17.7. The molecule has 1 aliphatic rings. The van der Waals surface area contributed by atoms with E-state index in [4.69, 9.17) is 11.6 Å². The second kappa shape index (κ2) is 13.5. The van der Waals surface area contributed by atoms with Crippen LogP contribution in [0.15, 0.2) is 77.7 Å². The molecule has 1 saturated carbocycles. The molecule has 0 bridgehead atoms. The quantitative estimate of drug-likeness (QED) is 0.300. The summed E-state index contributed by atoms with van der Waals surface area (Å²) in [4.78, 5) is 28.9. The molecule has 1 aliphatic carbocycles. The standard InChI is InChI=1S/C31H35ClFN3O4S/c1-3-28(31(38)34-24-11-5-6-12-24)35(20-23-10-4-7-13-26(23)32)30(37)21-36(29-15-9-8-14-27(29)33)41(39,40)25-18-16-22(2)17-19-25/h4,7-10,13-19,24,28H,3,5-6,11-12,20-21H2,1-2H3,(H,34,38)/t28-/m1/s1. The van der Waals surface area contributed by atoms with Gasteiger partial charge in [-0.05, 0) is 62.1 Å². The van der Waals surface area contributed by atoms with Crippen LogP contribution in [0.5, 0.6) is 0 Å². The Balaban J connectivity index is 1.73. The summed E-state index contributed by atoms with van der Waals surface area (Å²) in [7, 11) is -4.36. The molecule has 0 unspecified atom stereocenters. The van der Waals surface area contributed by atoms with Crippen LogP contribution in [0.1, 0.15) is 50.2 Å². The number of rotatable bonds is 11. The van der Waals surface area contributed by atoms with Crippen molar-refractivity contribution in [3.8, 4) is 0 Å². The highest BCUT2D eigenvalue weighted by atomic mass is 35.5. The Kier molecular flexibility index (Phi) is 10.0. The molecule has 1 atom stereocenters. The zero-order chi connectivity index (χ0) is 29.6. The average molecular weight is 600 g/mol. The molecule has 4 rings (SSSR count). The van der Waals surface area contributed by atoms with Crippen LogP contribution in [0.3, 0.4) is 0 Å². The minimum absolute atomic E-state index is 0.0230. The Labute approximate surface area is 246 Å². The van der Waals surface area contributed by atoms with E-state index in [1.807, 2.05) is 6.92 Å². The molecule has 0 heterocycles. The summed E-state index contributed by atoms with van der Waals surface area (Å²) in [5.41, 5.74) is 1.19. The van der Waals surface area contributed by atoms with Crippen LogP contribution < -0.4 is 9.62 Å². The average Bonchev–Trinajstić information content (AvgIpc) is 3.46. The van der Waals surface area contributed by atoms with Gasteiger partial charge < -0.3 is 10.2 Å². The first-order valence-corrected chi connectivity index (χ1v) is 15.6. The molecule has 0 saturated heterocycles. The molecule has 3 aromatic rings. The van der Waals surface area contributed by atoms with E-state index in [0.717, 1.165) is 41.6 Å². The van der Waals surface area contributed by atoms with Gasteiger partial charge in [0.15, 0.2) is 0 Å². The normalized spacial score (nSPS) is 14.4. The topological polar surface area (TPSA) is 86.8 Å². The van der Waals surface area contributed by atoms with Crippen molar-refractivity contribution in [1.82, 2.24) is 10.2 Å². The molecule has 0 radical (unpaired) electrons. The van der Waals surface area contributed by atoms with Crippen molar-refractivity contribution in [2.75, 3.05) is 10.8 Å². The fourth-order valence-corrected chi connectivity index (χ4v) is 6.72. The lowest BCUT2D eigenvalue weighted by Gasteiger charge is -2.34. The second-order valence-corrected chi connectivity index (χ2v) is 12.6. The van der Waals surface area contributed by atoms with Crippen molar-refractivity contribution in [2.24, 2.45) is 0 Å². The number of nitrogens with one attached hydrogen (secondary N) is 1. The van der Waals surface area contributed by atoms with Crippen LogP contribution in [0, 0.1) is 12.7 Å². The number of benzene rings is 3. The number of halogens is 2. The first-order valence-electron chi connectivity index (χ1n) is 13.8. The van der Waals surface area contributed by atoms with Gasteiger partial charge in [0, 0.05) is 17.6 Å². The number of para-hydroxylation sites is 1. The fourth-order valence-electron chi connectivity index (χ4n) is 5.10. The number of aryl methyl sites for hydroxylation is 1. The van der Waals surface area contributed by atoms with Crippen LogP contribution in [-0.4, -0.2) is 43.8 Å². The molecule has 10 heteroatoms. The number of carbonyl (C=O) groups is 2. The number of hydrogen-bond acceptors (Lipinski definition) is 4. The Morgan fingerprint density at radius 2 is 1.63 bits per heavy atom. The lowest BCUT2D eigenvalue weighted by atomic mass is 10.1. The summed E-state index contributed by atoms with van der Waals surface area (Å²) in [6.45, 7) is 2.88. The SMILES string of the molecule is CC[C@H](C(=O)NC1CCCC1)N(Cc1ccccc1Cl)C(=O)CN(c1ccccc1F)S(=O)(=O)c1ccc(C)cc1. The zero-order valence-corrected chi connectivity index (χ0v) is 24.8. The Hall–Kier alpha value is -3.43. The molecule has 0 aliphatic heterocycles. The zero-order valence-electron chi connectivity index (χ0n) is 23.2. The highest BCUT2D eigenvalue weighted by Gasteiger charge is 2.35. The van der Waals surface area contributed by atoms with Crippen molar-refractivity contribution < 1.29 is 22.4 Å². The predicted molar refractivity (Wildman–Crippen MR) is 159 cm³/mol. The van der Waals surface area contributed by atoms with E-state index in [1.54, 1.807) is 43.3 Å². The number of sulfonamides is 1. The third kappa shape index (κ3) is 7.26.